The van der Waals surface area contributed by atoms with Gasteiger partial charge in [-0.1, -0.05) is 42.5 Å². The number of carbonyl (C=O) groups excluding carboxylic acids is 1. The van der Waals surface area contributed by atoms with E-state index in [0.717, 1.165) is 5.69 Å². The lowest BCUT2D eigenvalue weighted by molar-refractivity contribution is 0.100. The summed E-state index contributed by atoms with van der Waals surface area (Å²) in [6, 6.07) is 22.0. The minimum atomic E-state index is -0.548. The second-order valence-electron chi connectivity index (χ2n) is 5.92. The third-order valence-electron chi connectivity index (χ3n) is 3.99. The Labute approximate surface area is 161 Å². The fraction of sp³-hybridized carbons (Fsp3) is 0. The second kappa shape index (κ2) is 7.63. The molecule has 1 amide bonds. The summed E-state index contributed by atoms with van der Waals surface area (Å²) in [5.74, 6) is 0.524. The van der Waals surface area contributed by atoms with Crippen molar-refractivity contribution in [1.29, 1.82) is 0 Å². The predicted octanol–water partition coefficient (Wildman–Crippen LogP) is 3.44. The maximum atomic E-state index is 11.8. The van der Waals surface area contributed by atoms with Crippen LogP contribution in [0.3, 0.4) is 0 Å². The third kappa shape index (κ3) is 3.68. The number of nitrogens with two attached hydrogens (primary N) is 1. The van der Waals surface area contributed by atoms with Crippen molar-refractivity contribution in [2.24, 2.45) is 5.73 Å². The molecule has 2 aromatic heterocycles. The molecular formula is C21H16N6O. The van der Waals surface area contributed by atoms with Crippen LogP contribution in [0.15, 0.2) is 79.0 Å². The number of hydrogen-bond donors (Lipinski definition) is 2. The molecule has 3 N–H and O–H groups in total. The van der Waals surface area contributed by atoms with Crippen molar-refractivity contribution in [3.05, 3.63) is 84.6 Å². The van der Waals surface area contributed by atoms with E-state index in [-0.39, 0.29) is 0 Å². The number of anilines is 2. The highest BCUT2D eigenvalue weighted by molar-refractivity contribution is 5.99. The Balaban J connectivity index is 1.86. The molecule has 0 aliphatic carbocycles. The summed E-state index contributed by atoms with van der Waals surface area (Å²) in [6.45, 7) is 0. The first-order valence-corrected chi connectivity index (χ1v) is 8.59. The van der Waals surface area contributed by atoms with Crippen LogP contribution in [-0.2, 0) is 0 Å². The fourth-order valence-electron chi connectivity index (χ4n) is 2.71. The number of nitrogens with zero attached hydrogens (tertiary/aromatic N) is 4. The highest BCUT2D eigenvalue weighted by atomic mass is 16.1. The summed E-state index contributed by atoms with van der Waals surface area (Å²) in [7, 11) is 0. The number of rotatable bonds is 5. The van der Waals surface area contributed by atoms with Gasteiger partial charge in [-0.05, 0) is 30.3 Å². The zero-order valence-electron chi connectivity index (χ0n) is 14.8. The van der Waals surface area contributed by atoms with E-state index in [4.69, 9.17) is 5.73 Å². The van der Waals surface area contributed by atoms with Crippen molar-refractivity contribution < 1.29 is 4.79 Å². The van der Waals surface area contributed by atoms with Crippen LogP contribution in [0.5, 0.6) is 0 Å². The third-order valence-corrected chi connectivity index (χ3v) is 3.99. The Morgan fingerprint density at radius 2 is 1.50 bits per heavy atom. The van der Waals surface area contributed by atoms with Gasteiger partial charge in [0, 0.05) is 17.4 Å². The number of benzene rings is 2. The van der Waals surface area contributed by atoms with Crippen molar-refractivity contribution in [3.8, 4) is 22.9 Å². The molecule has 0 spiro atoms. The van der Waals surface area contributed by atoms with Gasteiger partial charge >= 0.3 is 0 Å². The number of amides is 1. The molecule has 2 heterocycles. The molecule has 7 heteroatoms. The highest BCUT2D eigenvalue weighted by Crippen LogP contribution is 2.24. The van der Waals surface area contributed by atoms with Crippen molar-refractivity contribution in [2.45, 2.75) is 0 Å². The van der Waals surface area contributed by atoms with Crippen LogP contribution in [0.4, 0.5) is 11.6 Å². The summed E-state index contributed by atoms with van der Waals surface area (Å²) in [6.07, 6.45) is 1.67. The molecule has 0 bridgehead atoms. The van der Waals surface area contributed by atoms with Crippen LogP contribution in [0.25, 0.3) is 22.9 Å². The quantitative estimate of drug-likeness (QED) is 0.559. The molecule has 4 rings (SSSR count). The SMILES string of the molecule is NC(=O)c1ccccc1-c1nc(Nc2ccccc2)nc(-c2ccccn2)n1. The number of pyridine rings is 1. The lowest BCUT2D eigenvalue weighted by Gasteiger charge is -2.10. The lowest BCUT2D eigenvalue weighted by Crippen LogP contribution is -2.13. The monoisotopic (exact) mass is 368 g/mol. The number of carbonyl (C=O) groups is 1. The van der Waals surface area contributed by atoms with Crippen molar-refractivity contribution in [3.63, 3.8) is 0 Å². The van der Waals surface area contributed by atoms with E-state index in [0.29, 0.717) is 34.4 Å². The highest BCUT2D eigenvalue weighted by Gasteiger charge is 2.16. The van der Waals surface area contributed by atoms with E-state index >= 15 is 0 Å². The molecule has 28 heavy (non-hydrogen) atoms. The van der Waals surface area contributed by atoms with Crippen molar-refractivity contribution in [2.75, 3.05) is 5.32 Å². The number of aromatic nitrogens is 4. The first-order valence-electron chi connectivity index (χ1n) is 8.59. The van der Waals surface area contributed by atoms with Crippen LogP contribution in [0, 0.1) is 0 Å². The molecule has 7 nitrogen and oxygen atoms in total. The number of para-hydroxylation sites is 1. The van der Waals surface area contributed by atoms with Gasteiger partial charge in [0.1, 0.15) is 5.69 Å². The zero-order chi connectivity index (χ0) is 19.3. The molecule has 0 fully saturated rings. The Kier molecular flexibility index (Phi) is 4.71. The van der Waals surface area contributed by atoms with Gasteiger partial charge in [0.15, 0.2) is 11.6 Å². The van der Waals surface area contributed by atoms with E-state index < -0.39 is 5.91 Å². The molecule has 0 radical (unpaired) electrons. The normalized spacial score (nSPS) is 10.4. The largest absolute Gasteiger partial charge is 0.366 e. The smallest absolute Gasteiger partial charge is 0.249 e. The maximum Gasteiger partial charge on any atom is 0.249 e. The predicted molar refractivity (Wildman–Crippen MR) is 107 cm³/mol. The standard InChI is InChI=1S/C21H16N6O/c22-18(28)15-10-4-5-11-16(15)19-25-20(17-12-6-7-13-23-17)27-21(26-19)24-14-8-2-1-3-9-14/h1-13H,(H2,22,28)(H,24,25,26,27). The molecule has 0 saturated carbocycles. The minimum Gasteiger partial charge on any atom is -0.366 e. The average molecular weight is 368 g/mol. The summed E-state index contributed by atoms with van der Waals surface area (Å²) >= 11 is 0. The fourth-order valence-corrected chi connectivity index (χ4v) is 2.71. The first-order chi connectivity index (χ1) is 13.7. The van der Waals surface area contributed by atoms with Crippen LogP contribution in [-0.4, -0.2) is 25.8 Å². The number of primary amides is 1. The molecule has 0 unspecified atom stereocenters. The van der Waals surface area contributed by atoms with Crippen LogP contribution < -0.4 is 11.1 Å². The molecule has 2 aromatic carbocycles. The van der Waals surface area contributed by atoms with Gasteiger partial charge in [-0.25, -0.2) is 4.98 Å². The van der Waals surface area contributed by atoms with Gasteiger partial charge in [-0.2, -0.15) is 9.97 Å². The van der Waals surface area contributed by atoms with E-state index in [1.807, 2.05) is 48.5 Å². The van der Waals surface area contributed by atoms with Gasteiger partial charge in [0.25, 0.3) is 0 Å². The molecular weight excluding hydrogens is 352 g/mol. The van der Waals surface area contributed by atoms with E-state index in [2.05, 4.69) is 25.3 Å². The van der Waals surface area contributed by atoms with Gasteiger partial charge < -0.3 is 11.1 Å². The average Bonchev–Trinajstić information content (AvgIpc) is 2.75. The number of hydrogen-bond acceptors (Lipinski definition) is 6. The Morgan fingerprint density at radius 1 is 0.786 bits per heavy atom. The summed E-state index contributed by atoms with van der Waals surface area (Å²) in [5.41, 5.74) is 7.82. The molecule has 0 aliphatic heterocycles. The second-order valence-corrected chi connectivity index (χ2v) is 5.92. The van der Waals surface area contributed by atoms with Gasteiger partial charge in [0.05, 0.1) is 5.56 Å². The van der Waals surface area contributed by atoms with Crippen LogP contribution in [0.2, 0.25) is 0 Å². The molecule has 136 valence electrons. The maximum absolute atomic E-state index is 11.8. The van der Waals surface area contributed by atoms with E-state index in [1.165, 1.54) is 0 Å². The molecule has 0 atom stereocenters. The molecule has 0 aliphatic rings. The topological polar surface area (TPSA) is 107 Å². The molecule has 4 aromatic rings. The van der Waals surface area contributed by atoms with E-state index in [9.17, 15) is 4.79 Å². The summed E-state index contributed by atoms with van der Waals surface area (Å²) in [4.78, 5) is 29.7. The minimum absolute atomic E-state index is 0.337. The van der Waals surface area contributed by atoms with Gasteiger partial charge in [-0.15, -0.1) is 0 Å². The van der Waals surface area contributed by atoms with Crippen molar-refractivity contribution >= 4 is 17.5 Å². The van der Waals surface area contributed by atoms with Gasteiger partial charge in [-0.3, -0.25) is 9.78 Å². The Hall–Kier alpha value is -4.13. The van der Waals surface area contributed by atoms with Gasteiger partial charge in [0.2, 0.25) is 11.9 Å². The number of nitrogens with one attached hydrogen (secondary N) is 1. The summed E-state index contributed by atoms with van der Waals surface area (Å²) < 4.78 is 0. The van der Waals surface area contributed by atoms with E-state index in [1.54, 1.807) is 30.5 Å². The summed E-state index contributed by atoms with van der Waals surface area (Å²) in [5, 5.41) is 3.17. The Morgan fingerprint density at radius 3 is 2.25 bits per heavy atom. The van der Waals surface area contributed by atoms with Crippen LogP contribution >= 0.6 is 0 Å². The molecule has 0 saturated heterocycles. The zero-order valence-corrected chi connectivity index (χ0v) is 14.8. The van der Waals surface area contributed by atoms with Crippen LogP contribution in [0.1, 0.15) is 10.4 Å². The first kappa shape index (κ1) is 17.3. The lowest BCUT2D eigenvalue weighted by atomic mass is 10.1. The van der Waals surface area contributed by atoms with Crippen molar-refractivity contribution in [1.82, 2.24) is 19.9 Å². The Bertz CT molecular complexity index is 1120.